The number of hydrogen-bond acceptors (Lipinski definition) is 2. The van der Waals surface area contributed by atoms with Crippen molar-refractivity contribution >= 4 is 11.6 Å². The van der Waals surface area contributed by atoms with Gasteiger partial charge in [-0.1, -0.05) is 49.7 Å². The summed E-state index contributed by atoms with van der Waals surface area (Å²) in [6.07, 6.45) is 0. The fourth-order valence-electron chi connectivity index (χ4n) is 2.00. The summed E-state index contributed by atoms with van der Waals surface area (Å²) >= 11 is 6.39. The maximum Gasteiger partial charge on any atom is 0.118 e. The summed E-state index contributed by atoms with van der Waals surface area (Å²) in [5, 5.41) is 4.16. The lowest BCUT2D eigenvalue weighted by atomic mass is 10.0. The van der Waals surface area contributed by atoms with E-state index in [0.29, 0.717) is 6.04 Å². The van der Waals surface area contributed by atoms with Gasteiger partial charge in [-0.2, -0.15) is 0 Å². The van der Waals surface area contributed by atoms with Crippen LogP contribution >= 0.6 is 11.6 Å². The van der Waals surface area contributed by atoms with Gasteiger partial charge < -0.3 is 10.1 Å². The van der Waals surface area contributed by atoms with E-state index in [1.807, 2.05) is 30.3 Å². The number of halogens is 1. The summed E-state index contributed by atoms with van der Waals surface area (Å²) in [6.45, 7) is 5.10. The highest BCUT2D eigenvalue weighted by atomic mass is 35.5. The molecule has 0 aliphatic carbocycles. The Morgan fingerprint density at radius 3 is 2.35 bits per heavy atom. The van der Waals surface area contributed by atoms with Crippen LogP contribution in [0.4, 0.5) is 0 Å². The van der Waals surface area contributed by atoms with Gasteiger partial charge >= 0.3 is 0 Å². The number of rotatable bonds is 5. The molecule has 20 heavy (non-hydrogen) atoms. The molecule has 0 atom stereocenters. The summed E-state index contributed by atoms with van der Waals surface area (Å²) in [6, 6.07) is 14.6. The van der Waals surface area contributed by atoms with Crippen molar-refractivity contribution in [3.05, 3.63) is 53.1 Å². The van der Waals surface area contributed by atoms with Crippen LogP contribution in [0.15, 0.2) is 42.5 Å². The lowest BCUT2D eigenvalue weighted by Gasteiger charge is -2.11. The molecule has 2 aromatic rings. The van der Waals surface area contributed by atoms with Gasteiger partial charge in [-0.15, -0.1) is 0 Å². The van der Waals surface area contributed by atoms with Gasteiger partial charge in [0.25, 0.3) is 0 Å². The Kier molecular flexibility index (Phi) is 5.05. The predicted molar refractivity (Wildman–Crippen MR) is 85.4 cm³/mol. The minimum absolute atomic E-state index is 0.468. The minimum atomic E-state index is 0.468. The van der Waals surface area contributed by atoms with E-state index in [2.05, 4.69) is 31.3 Å². The standard InChI is InChI=1S/C17H20ClNO/c1-12(2)19-11-13-4-9-16(17(18)10-13)14-5-7-15(20-3)8-6-14/h4-10,12,19H,11H2,1-3H3. The molecular formula is C17H20ClNO. The molecule has 2 aromatic carbocycles. The first-order chi connectivity index (χ1) is 9.60. The molecule has 0 unspecified atom stereocenters. The zero-order valence-corrected chi connectivity index (χ0v) is 12.9. The summed E-state index contributed by atoms with van der Waals surface area (Å²) in [4.78, 5) is 0. The van der Waals surface area contributed by atoms with Crippen molar-refractivity contribution in [3.8, 4) is 16.9 Å². The lowest BCUT2D eigenvalue weighted by Crippen LogP contribution is -2.21. The number of ether oxygens (including phenoxy) is 1. The normalized spacial score (nSPS) is 10.8. The second kappa shape index (κ2) is 6.78. The molecule has 0 saturated carbocycles. The average Bonchev–Trinajstić information content (AvgIpc) is 2.45. The van der Waals surface area contributed by atoms with E-state index in [1.54, 1.807) is 7.11 Å². The van der Waals surface area contributed by atoms with E-state index in [-0.39, 0.29) is 0 Å². The quantitative estimate of drug-likeness (QED) is 0.874. The van der Waals surface area contributed by atoms with Crippen molar-refractivity contribution in [2.45, 2.75) is 26.4 Å². The topological polar surface area (TPSA) is 21.3 Å². The fourth-order valence-corrected chi connectivity index (χ4v) is 2.31. The first-order valence-electron chi connectivity index (χ1n) is 6.76. The van der Waals surface area contributed by atoms with Gasteiger partial charge in [0.1, 0.15) is 5.75 Å². The van der Waals surface area contributed by atoms with E-state index in [4.69, 9.17) is 16.3 Å². The Morgan fingerprint density at radius 2 is 1.80 bits per heavy atom. The second-order valence-corrected chi connectivity index (χ2v) is 5.49. The Morgan fingerprint density at radius 1 is 1.10 bits per heavy atom. The van der Waals surface area contributed by atoms with E-state index in [0.717, 1.165) is 28.4 Å². The van der Waals surface area contributed by atoms with Gasteiger partial charge in [0, 0.05) is 23.2 Å². The highest BCUT2D eigenvalue weighted by Gasteiger charge is 2.05. The van der Waals surface area contributed by atoms with Crippen LogP contribution in [0.5, 0.6) is 5.75 Å². The smallest absolute Gasteiger partial charge is 0.118 e. The SMILES string of the molecule is COc1ccc(-c2ccc(CNC(C)C)cc2Cl)cc1. The third-order valence-corrected chi connectivity index (χ3v) is 3.46. The zero-order chi connectivity index (χ0) is 14.5. The van der Waals surface area contributed by atoms with Crippen LogP contribution in [0.1, 0.15) is 19.4 Å². The van der Waals surface area contributed by atoms with Crippen molar-refractivity contribution in [1.82, 2.24) is 5.32 Å². The molecule has 0 radical (unpaired) electrons. The molecule has 106 valence electrons. The van der Waals surface area contributed by atoms with Crippen LogP contribution in [-0.4, -0.2) is 13.2 Å². The summed E-state index contributed by atoms with van der Waals surface area (Å²) in [7, 11) is 1.67. The molecule has 2 nitrogen and oxygen atoms in total. The summed E-state index contributed by atoms with van der Waals surface area (Å²) in [5.74, 6) is 0.850. The minimum Gasteiger partial charge on any atom is -0.497 e. The fraction of sp³-hybridized carbons (Fsp3) is 0.294. The van der Waals surface area contributed by atoms with Crippen molar-refractivity contribution in [2.75, 3.05) is 7.11 Å². The van der Waals surface area contributed by atoms with Crippen molar-refractivity contribution in [1.29, 1.82) is 0 Å². The number of benzene rings is 2. The number of hydrogen-bond donors (Lipinski definition) is 1. The van der Waals surface area contributed by atoms with Crippen LogP contribution in [-0.2, 0) is 6.54 Å². The van der Waals surface area contributed by atoms with Crippen LogP contribution in [0.3, 0.4) is 0 Å². The molecule has 0 fully saturated rings. The molecule has 0 aliphatic rings. The third-order valence-electron chi connectivity index (χ3n) is 3.15. The highest BCUT2D eigenvalue weighted by molar-refractivity contribution is 6.33. The predicted octanol–water partition coefficient (Wildman–Crippen LogP) is 4.51. The molecule has 3 heteroatoms. The maximum absolute atomic E-state index is 6.39. The van der Waals surface area contributed by atoms with Crippen LogP contribution in [0.25, 0.3) is 11.1 Å². The van der Waals surface area contributed by atoms with Crippen LogP contribution < -0.4 is 10.1 Å². The van der Waals surface area contributed by atoms with Crippen LogP contribution in [0.2, 0.25) is 5.02 Å². The van der Waals surface area contributed by atoms with E-state index >= 15 is 0 Å². The van der Waals surface area contributed by atoms with Gasteiger partial charge in [0.15, 0.2) is 0 Å². The van der Waals surface area contributed by atoms with Crippen molar-refractivity contribution in [3.63, 3.8) is 0 Å². The van der Waals surface area contributed by atoms with Gasteiger partial charge in [0.2, 0.25) is 0 Å². The molecular weight excluding hydrogens is 270 g/mol. The van der Waals surface area contributed by atoms with Gasteiger partial charge in [-0.3, -0.25) is 0 Å². The highest BCUT2D eigenvalue weighted by Crippen LogP contribution is 2.30. The van der Waals surface area contributed by atoms with Gasteiger partial charge in [0.05, 0.1) is 7.11 Å². The van der Waals surface area contributed by atoms with E-state index in [9.17, 15) is 0 Å². The zero-order valence-electron chi connectivity index (χ0n) is 12.1. The molecule has 0 heterocycles. The van der Waals surface area contributed by atoms with Crippen molar-refractivity contribution < 1.29 is 4.74 Å². The summed E-state index contributed by atoms with van der Waals surface area (Å²) in [5.41, 5.74) is 3.34. The monoisotopic (exact) mass is 289 g/mol. The van der Waals surface area contributed by atoms with E-state index < -0.39 is 0 Å². The molecule has 0 aliphatic heterocycles. The van der Waals surface area contributed by atoms with Crippen molar-refractivity contribution in [2.24, 2.45) is 0 Å². The maximum atomic E-state index is 6.39. The molecule has 0 amide bonds. The van der Waals surface area contributed by atoms with Gasteiger partial charge in [-0.05, 0) is 29.3 Å². The molecule has 2 rings (SSSR count). The first kappa shape index (κ1) is 14.9. The van der Waals surface area contributed by atoms with Gasteiger partial charge in [-0.25, -0.2) is 0 Å². The molecule has 0 aromatic heterocycles. The largest absolute Gasteiger partial charge is 0.497 e. The van der Waals surface area contributed by atoms with E-state index in [1.165, 1.54) is 5.56 Å². The van der Waals surface area contributed by atoms with Crippen LogP contribution in [0, 0.1) is 0 Å². The molecule has 1 N–H and O–H groups in total. The average molecular weight is 290 g/mol. The Labute approximate surface area is 125 Å². The second-order valence-electron chi connectivity index (χ2n) is 5.08. The Balaban J connectivity index is 2.20. The molecule has 0 bridgehead atoms. The number of nitrogens with one attached hydrogen (secondary N) is 1. The Hall–Kier alpha value is -1.51. The lowest BCUT2D eigenvalue weighted by molar-refractivity contribution is 0.415. The first-order valence-corrected chi connectivity index (χ1v) is 7.14. The summed E-state index contributed by atoms with van der Waals surface area (Å²) < 4.78 is 5.17. The third kappa shape index (κ3) is 3.75. The number of methoxy groups -OCH3 is 1. The molecule has 0 spiro atoms. The molecule has 0 saturated heterocycles. The Bertz CT molecular complexity index is 564.